The van der Waals surface area contributed by atoms with E-state index in [1.807, 2.05) is 19.1 Å². The molecule has 0 bridgehead atoms. The number of carbonyl (C=O) groups excluding carboxylic acids is 3. The first-order valence-corrected chi connectivity index (χ1v) is 9.12. The molecule has 1 unspecified atom stereocenters. The Morgan fingerprint density at radius 3 is 2.38 bits per heavy atom. The minimum absolute atomic E-state index is 0.124. The van der Waals surface area contributed by atoms with Crippen LogP contribution >= 0.6 is 0 Å². The molecular weight excluding hydrogens is 382 g/mol. The fourth-order valence-electron chi connectivity index (χ4n) is 2.42. The van der Waals surface area contributed by atoms with Crippen LogP contribution in [-0.4, -0.2) is 30.4 Å². The average Bonchev–Trinajstić information content (AvgIpc) is 2.68. The van der Waals surface area contributed by atoms with Crippen LogP contribution in [0.4, 0.5) is 14.5 Å². The van der Waals surface area contributed by atoms with E-state index in [2.05, 4.69) is 10.6 Å². The van der Waals surface area contributed by atoms with Gasteiger partial charge < -0.3 is 15.4 Å². The molecule has 2 N–H and O–H groups in total. The van der Waals surface area contributed by atoms with Gasteiger partial charge in [-0.1, -0.05) is 19.1 Å². The zero-order valence-electron chi connectivity index (χ0n) is 16.1. The Kier molecular flexibility index (Phi) is 7.82. The van der Waals surface area contributed by atoms with Crippen LogP contribution in [0.1, 0.15) is 36.2 Å². The second-order valence-corrected chi connectivity index (χ2v) is 6.30. The van der Waals surface area contributed by atoms with E-state index in [9.17, 15) is 23.2 Å². The van der Waals surface area contributed by atoms with Crippen LogP contribution in [0.25, 0.3) is 0 Å². The Bertz CT molecular complexity index is 885. The summed E-state index contributed by atoms with van der Waals surface area (Å²) in [7, 11) is 0. The van der Waals surface area contributed by atoms with Crippen molar-refractivity contribution in [2.24, 2.45) is 0 Å². The largest absolute Gasteiger partial charge is 0.452 e. The monoisotopic (exact) mass is 404 g/mol. The Morgan fingerprint density at radius 1 is 1.07 bits per heavy atom. The number of aryl methyl sites for hydroxylation is 1. The third kappa shape index (κ3) is 6.67. The molecule has 2 aromatic rings. The maximum atomic E-state index is 13.5. The molecule has 0 radical (unpaired) electrons. The number of esters is 1. The quantitative estimate of drug-likeness (QED) is 0.662. The maximum Gasteiger partial charge on any atom is 0.308 e. The van der Waals surface area contributed by atoms with E-state index in [1.54, 1.807) is 12.1 Å². The van der Waals surface area contributed by atoms with Crippen LogP contribution in [-0.2, 0) is 20.7 Å². The summed E-state index contributed by atoms with van der Waals surface area (Å²) in [4.78, 5) is 35.8. The van der Waals surface area contributed by atoms with E-state index >= 15 is 0 Å². The predicted octanol–water partition coefficient (Wildman–Crippen LogP) is 3.22. The van der Waals surface area contributed by atoms with Gasteiger partial charge in [-0.25, -0.2) is 8.78 Å². The van der Waals surface area contributed by atoms with Gasteiger partial charge >= 0.3 is 5.97 Å². The van der Waals surface area contributed by atoms with E-state index in [0.29, 0.717) is 11.8 Å². The zero-order valence-corrected chi connectivity index (χ0v) is 16.1. The van der Waals surface area contributed by atoms with Crippen molar-refractivity contribution < 1.29 is 27.9 Å². The molecule has 2 rings (SSSR count). The van der Waals surface area contributed by atoms with E-state index in [4.69, 9.17) is 4.74 Å². The molecule has 0 aliphatic rings. The highest BCUT2D eigenvalue weighted by Gasteiger charge is 2.18. The van der Waals surface area contributed by atoms with Gasteiger partial charge in [0.15, 0.2) is 6.10 Å². The first kappa shape index (κ1) is 22.0. The number of benzene rings is 2. The van der Waals surface area contributed by atoms with Gasteiger partial charge in [-0.05, 0) is 43.2 Å². The molecule has 0 aliphatic carbocycles. The molecule has 2 amide bonds. The van der Waals surface area contributed by atoms with Gasteiger partial charge in [0.25, 0.3) is 11.8 Å². The van der Waals surface area contributed by atoms with Gasteiger partial charge in [-0.2, -0.15) is 0 Å². The number of ether oxygens (including phenoxy) is 1. The van der Waals surface area contributed by atoms with Crippen molar-refractivity contribution in [2.75, 3.05) is 11.9 Å². The summed E-state index contributed by atoms with van der Waals surface area (Å²) in [6.45, 7) is 3.33. The molecule has 154 valence electrons. The lowest BCUT2D eigenvalue weighted by molar-refractivity contribution is -0.153. The number of rotatable bonds is 8. The number of nitrogens with one attached hydrogen (secondary N) is 2. The summed E-state index contributed by atoms with van der Waals surface area (Å²) in [5.74, 6) is -3.76. The fraction of sp³-hybridized carbons (Fsp3) is 0.286. The fourth-order valence-corrected chi connectivity index (χ4v) is 2.42. The van der Waals surface area contributed by atoms with Crippen molar-refractivity contribution in [2.45, 2.75) is 32.8 Å². The average molecular weight is 404 g/mol. The van der Waals surface area contributed by atoms with Crippen LogP contribution < -0.4 is 10.6 Å². The first-order valence-electron chi connectivity index (χ1n) is 9.12. The van der Waals surface area contributed by atoms with Gasteiger partial charge in [0.05, 0.1) is 12.0 Å². The summed E-state index contributed by atoms with van der Waals surface area (Å²) >= 11 is 0. The van der Waals surface area contributed by atoms with Crippen molar-refractivity contribution >= 4 is 23.5 Å². The van der Waals surface area contributed by atoms with Crippen LogP contribution in [0.5, 0.6) is 0 Å². The van der Waals surface area contributed by atoms with E-state index < -0.39 is 35.5 Å². The molecular formula is C21H22F2N2O4. The summed E-state index contributed by atoms with van der Waals surface area (Å²) in [6.07, 6.45) is -0.358. The smallest absolute Gasteiger partial charge is 0.308 e. The highest BCUT2D eigenvalue weighted by Crippen LogP contribution is 2.11. The maximum absolute atomic E-state index is 13.5. The SMILES string of the molecule is CCc1ccc(NC(=O)C(C)OC(=O)CCNC(=O)c2ccc(F)cc2F)cc1. The summed E-state index contributed by atoms with van der Waals surface area (Å²) < 4.78 is 31.4. The molecule has 0 spiro atoms. The Balaban J connectivity index is 1.76. The molecule has 6 nitrogen and oxygen atoms in total. The van der Waals surface area contributed by atoms with Crippen LogP contribution in [0.3, 0.4) is 0 Å². The minimum atomic E-state index is -1.03. The highest BCUT2D eigenvalue weighted by molar-refractivity contribution is 5.95. The highest BCUT2D eigenvalue weighted by atomic mass is 19.1. The number of hydrogen-bond donors (Lipinski definition) is 2. The Labute approximate surface area is 167 Å². The lowest BCUT2D eigenvalue weighted by Gasteiger charge is -2.14. The molecule has 0 heterocycles. The van der Waals surface area contributed by atoms with Crippen molar-refractivity contribution in [3.63, 3.8) is 0 Å². The summed E-state index contributed by atoms with van der Waals surface area (Å²) in [6, 6.07) is 9.86. The molecule has 29 heavy (non-hydrogen) atoms. The first-order chi connectivity index (χ1) is 13.8. The van der Waals surface area contributed by atoms with Crippen LogP contribution in [0.15, 0.2) is 42.5 Å². The predicted molar refractivity (Wildman–Crippen MR) is 103 cm³/mol. The molecule has 1 atom stereocenters. The third-order valence-electron chi connectivity index (χ3n) is 4.10. The third-order valence-corrected chi connectivity index (χ3v) is 4.10. The van der Waals surface area contributed by atoms with Gasteiger partial charge in [0.2, 0.25) is 0 Å². The zero-order chi connectivity index (χ0) is 21.4. The van der Waals surface area contributed by atoms with Crippen molar-refractivity contribution in [3.8, 4) is 0 Å². The lowest BCUT2D eigenvalue weighted by atomic mass is 10.1. The molecule has 0 saturated carbocycles. The second kappa shape index (κ2) is 10.3. The second-order valence-electron chi connectivity index (χ2n) is 6.30. The van der Waals surface area contributed by atoms with E-state index in [0.717, 1.165) is 24.1 Å². The van der Waals surface area contributed by atoms with Gasteiger partial charge in [0.1, 0.15) is 11.6 Å². The number of halogens is 2. The molecule has 0 saturated heterocycles. The van der Waals surface area contributed by atoms with Crippen LogP contribution in [0, 0.1) is 11.6 Å². The molecule has 8 heteroatoms. The molecule has 2 aromatic carbocycles. The Hall–Kier alpha value is -3.29. The van der Waals surface area contributed by atoms with E-state index in [-0.39, 0.29) is 18.5 Å². The number of anilines is 1. The Morgan fingerprint density at radius 2 is 1.76 bits per heavy atom. The number of hydrogen-bond acceptors (Lipinski definition) is 4. The minimum Gasteiger partial charge on any atom is -0.452 e. The number of amides is 2. The molecule has 0 fully saturated rings. The van der Waals surface area contributed by atoms with Crippen molar-refractivity contribution in [3.05, 3.63) is 65.2 Å². The lowest BCUT2D eigenvalue weighted by Crippen LogP contribution is -2.32. The van der Waals surface area contributed by atoms with Crippen molar-refractivity contribution in [1.82, 2.24) is 5.32 Å². The standard InChI is InChI=1S/C21H22F2N2O4/c1-3-14-4-7-16(8-5-14)25-20(27)13(2)29-19(26)10-11-24-21(28)17-9-6-15(22)12-18(17)23/h4-9,12-13H,3,10-11H2,1-2H3,(H,24,28)(H,25,27). The molecule has 0 aromatic heterocycles. The normalized spacial score (nSPS) is 11.4. The van der Waals surface area contributed by atoms with E-state index in [1.165, 1.54) is 6.92 Å². The summed E-state index contributed by atoms with van der Waals surface area (Å²) in [5.41, 5.74) is 1.38. The molecule has 0 aliphatic heterocycles. The van der Waals surface area contributed by atoms with Gasteiger partial charge in [-0.15, -0.1) is 0 Å². The van der Waals surface area contributed by atoms with Crippen molar-refractivity contribution in [1.29, 1.82) is 0 Å². The van der Waals surface area contributed by atoms with Crippen LogP contribution in [0.2, 0.25) is 0 Å². The van der Waals surface area contributed by atoms with Gasteiger partial charge in [-0.3, -0.25) is 14.4 Å². The number of carbonyl (C=O) groups is 3. The topological polar surface area (TPSA) is 84.5 Å². The summed E-state index contributed by atoms with van der Waals surface area (Å²) in [5, 5.41) is 4.99. The van der Waals surface area contributed by atoms with Gasteiger partial charge in [0, 0.05) is 18.3 Å².